The first-order valence-electron chi connectivity index (χ1n) is 8.27. The molecule has 25 heavy (non-hydrogen) atoms. The molecule has 0 fully saturated rings. The highest BCUT2D eigenvalue weighted by atomic mass is 16.7. The summed E-state index contributed by atoms with van der Waals surface area (Å²) in [5.41, 5.74) is 3.57. The van der Waals surface area contributed by atoms with E-state index in [2.05, 4.69) is 32.0 Å². The minimum Gasteiger partial charge on any atom is -0.395 e. The molecule has 0 amide bonds. The van der Waals surface area contributed by atoms with Gasteiger partial charge in [-0.25, -0.2) is 4.79 Å². The van der Waals surface area contributed by atoms with Crippen molar-refractivity contribution in [3.63, 3.8) is 0 Å². The molecule has 0 radical (unpaired) electrons. The minimum atomic E-state index is -0.749. The highest BCUT2D eigenvalue weighted by Gasteiger charge is 2.10. The molecule has 0 atom stereocenters. The van der Waals surface area contributed by atoms with E-state index in [0.29, 0.717) is 17.4 Å². The van der Waals surface area contributed by atoms with E-state index in [1.54, 1.807) is 36.4 Å². The molecule has 3 aromatic carbocycles. The molecule has 0 spiro atoms. The normalized spacial score (nSPS) is 10.5. The van der Waals surface area contributed by atoms with Crippen LogP contribution in [0.4, 0.5) is 4.79 Å². The van der Waals surface area contributed by atoms with Crippen molar-refractivity contribution in [3.8, 4) is 22.6 Å². The highest BCUT2D eigenvalue weighted by Crippen LogP contribution is 2.30. The molecule has 0 aliphatic heterocycles. The van der Waals surface area contributed by atoms with Gasteiger partial charge in [-0.3, -0.25) is 0 Å². The number of hydrogen-bond donors (Lipinski definition) is 0. The fourth-order valence-electron chi connectivity index (χ4n) is 2.67. The average Bonchev–Trinajstić information content (AvgIpc) is 2.63. The SMILES string of the molecule is CC(C)c1ccccc1-c1ccc(OC(=O)Oc2ccccc2)cc1. The van der Waals surface area contributed by atoms with Crippen LogP contribution in [0.3, 0.4) is 0 Å². The predicted molar refractivity (Wildman–Crippen MR) is 99.1 cm³/mol. The molecule has 0 aromatic heterocycles. The third kappa shape index (κ3) is 4.27. The van der Waals surface area contributed by atoms with Crippen LogP contribution >= 0.6 is 0 Å². The number of para-hydroxylation sites is 1. The summed E-state index contributed by atoms with van der Waals surface area (Å²) in [6.07, 6.45) is -0.749. The lowest BCUT2D eigenvalue weighted by Gasteiger charge is -2.13. The van der Waals surface area contributed by atoms with Crippen molar-refractivity contribution in [2.75, 3.05) is 0 Å². The third-order valence-electron chi connectivity index (χ3n) is 3.89. The largest absolute Gasteiger partial charge is 0.519 e. The Balaban J connectivity index is 1.72. The van der Waals surface area contributed by atoms with Gasteiger partial charge >= 0.3 is 6.16 Å². The number of hydrogen-bond acceptors (Lipinski definition) is 3. The average molecular weight is 332 g/mol. The molecule has 0 aliphatic carbocycles. The van der Waals surface area contributed by atoms with Gasteiger partial charge in [0.05, 0.1) is 0 Å². The van der Waals surface area contributed by atoms with Crippen molar-refractivity contribution in [1.82, 2.24) is 0 Å². The molecule has 3 nitrogen and oxygen atoms in total. The maximum absolute atomic E-state index is 11.8. The second-order valence-electron chi connectivity index (χ2n) is 6.03. The molecule has 126 valence electrons. The van der Waals surface area contributed by atoms with E-state index in [1.807, 2.05) is 24.3 Å². The summed E-state index contributed by atoms with van der Waals surface area (Å²) in [7, 11) is 0. The molecule has 0 saturated carbocycles. The van der Waals surface area contributed by atoms with Crippen LogP contribution in [0, 0.1) is 0 Å². The highest BCUT2D eigenvalue weighted by molar-refractivity contribution is 5.70. The molecule has 0 saturated heterocycles. The molecule has 0 unspecified atom stereocenters. The fourth-order valence-corrected chi connectivity index (χ4v) is 2.67. The second-order valence-corrected chi connectivity index (χ2v) is 6.03. The first-order valence-corrected chi connectivity index (χ1v) is 8.27. The second kappa shape index (κ2) is 7.67. The molecule has 3 aromatic rings. The van der Waals surface area contributed by atoms with Crippen molar-refractivity contribution < 1.29 is 14.3 Å². The summed E-state index contributed by atoms with van der Waals surface area (Å²) >= 11 is 0. The standard InChI is InChI=1S/C22H20O3/c1-16(2)20-10-6-7-11-21(20)17-12-14-19(15-13-17)25-22(23)24-18-8-4-3-5-9-18/h3-16H,1-2H3. The van der Waals surface area contributed by atoms with Gasteiger partial charge < -0.3 is 9.47 Å². The Bertz CT molecular complexity index is 837. The summed E-state index contributed by atoms with van der Waals surface area (Å²) < 4.78 is 10.3. The van der Waals surface area contributed by atoms with Crippen LogP contribution in [0.25, 0.3) is 11.1 Å². The van der Waals surface area contributed by atoms with Crippen LogP contribution in [-0.4, -0.2) is 6.16 Å². The zero-order valence-corrected chi connectivity index (χ0v) is 14.3. The van der Waals surface area contributed by atoms with E-state index < -0.39 is 6.16 Å². The minimum absolute atomic E-state index is 0.438. The van der Waals surface area contributed by atoms with Gasteiger partial charge in [-0.2, -0.15) is 0 Å². The van der Waals surface area contributed by atoms with Crippen LogP contribution in [0.5, 0.6) is 11.5 Å². The lowest BCUT2D eigenvalue weighted by molar-refractivity contribution is 0.152. The maximum Gasteiger partial charge on any atom is 0.519 e. The Kier molecular flexibility index (Phi) is 5.14. The summed E-state index contributed by atoms with van der Waals surface area (Å²) in [5, 5.41) is 0. The van der Waals surface area contributed by atoms with E-state index >= 15 is 0 Å². The van der Waals surface area contributed by atoms with Crippen LogP contribution < -0.4 is 9.47 Å². The predicted octanol–water partition coefficient (Wildman–Crippen LogP) is 6.05. The number of carbonyl (C=O) groups is 1. The number of benzene rings is 3. The number of ether oxygens (including phenoxy) is 2. The third-order valence-corrected chi connectivity index (χ3v) is 3.89. The molecule has 0 N–H and O–H groups in total. The summed E-state index contributed by atoms with van der Waals surface area (Å²) in [6, 6.07) is 24.6. The first kappa shape index (κ1) is 16.8. The van der Waals surface area contributed by atoms with Gasteiger partial charge in [0.2, 0.25) is 0 Å². The van der Waals surface area contributed by atoms with Crippen LogP contribution in [0.1, 0.15) is 25.3 Å². The first-order chi connectivity index (χ1) is 12.1. The van der Waals surface area contributed by atoms with Crippen molar-refractivity contribution in [2.45, 2.75) is 19.8 Å². The van der Waals surface area contributed by atoms with Gasteiger partial charge in [0.15, 0.2) is 0 Å². The molecule has 3 heteroatoms. The zero-order chi connectivity index (χ0) is 17.6. The lowest BCUT2D eigenvalue weighted by atomic mass is 9.93. The summed E-state index contributed by atoms with van der Waals surface area (Å²) in [6.45, 7) is 4.35. The Morgan fingerprint density at radius 3 is 1.92 bits per heavy atom. The van der Waals surface area contributed by atoms with E-state index in [1.165, 1.54) is 11.1 Å². The van der Waals surface area contributed by atoms with Crippen LogP contribution in [-0.2, 0) is 0 Å². The molecule has 0 bridgehead atoms. The van der Waals surface area contributed by atoms with Crippen molar-refractivity contribution in [1.29, 1.82) is 0 Å². The molecule has 0 aliphatic rings. The summed E-state index contributed by atoms with van der Waals surface area (Å²) in [4.78, 5) is 11.8. The summed E-state index contributed by atoms with van der Waals surface area (Å²) in [5.74, 6) is 1.34. The smallest absolute Gasteiger partial charge is 0.395 e. The Morgan fingerprint density at radius 1 is 0.720 bits per heavy atom. The van der Waals surface area contributed by atoms with E-state index in [0.717, 1.165) is 5.56 Å². The Labute approximate surface area is 147 Å². The van der Waals surface area contributed by atoms with Gasteiger partial charge in [-0.05, 0) is 46.9 Å². The Morgan fingerprint density at radius 2 is 1.28 bits per heavy atom. The van der Waals surface area contributed by atoms with Crippen molar-refractivity contribution in [2.24, 2.45) is 0 Å². The molecule has 0 heterocycles. The van der Waals surface area contributed by atoms with Gasteiger partial charge in [-0.15, -0.1) is 0 Å². The zero-order valence-electron chi connectivity index (χ0n) is 14.3. The van der Waals surface area contributed by atoms with E-state index in [9.17, 15) is 4.79 Å². The van der Waals surface area contributed by atoms with Crippen molar-refractivity contribution in [3.05, 3.63) is 84.4 Å². The Hall–Kier alpha value is -3.07. The topological polar surface area (TPSA) is 35.5 Å². The maximum atomic E-state index is 11.8. The molecular formula is C22H20O3. The molecule has 3 rings (SSSR count). The monoisotopic (exact) mass is 332 g/mol. The van der Waals surface area contributed by atoms with E-state index in [4.69, 9.17) is 9.47 Å². The van der Waals surface area contributed by atoms with Gasteiger partial charge in [0.1, 0.15) is 11.5 Å². The van der Waals surface area contributed by atoms with Gasteiger partial charge in [0, 0.05) is 0 Å². The van der Waals surface area contributed by atoms with Crippen molar-refractivity contribution >= 4 is 6.16 Å². The quantitative estimate of drug-likeness (QED) is 0.430. The van der Waals surface area contributed by atoms with Gasteiger partial charge in [-0.1, -0.05) is 68.4 Å². The molecular weight excluding hydrogens is 312 g/mol. The van der Waals surface area contributed by atoms with Crippen LogP contribution in [0.2, 0.25) is 0 Å². The number of rotatable bonds is 4. The van der Waals surface area contributed by atoms with E-state index in [-0.39, 0.29) is 0 Å². The fraction of sp³-hybridized carbons (Fsp3) is 0.136. The van der Waals surface area contributed by atoms with Crippen LogP contribution in [0.15, 0.2) is 78.9 Å². The lowest BCUT2D eigenvalue weighted by Crippen LogP contribution is -2.13. The van der Waals surface area contributed by atoms with Gasteiger partial charge in [0.25, 0.3) is 0 Å². The number of carbonyl (C=O) groups excluding carboxylic acids is 1.